The van der Waals surface area contributed by atoms with Crippen molar-refractivity contribution in [1.82, 2.24) is 4.98 Å². The van der Waals surface area contributed by atoms with Crippen LogP contribution >= 0.6 is 0 Å². The number of benzene rings is 3. The second-order valence-corrected chi connectivity index (χ2v) is 11.2. The Labute approximate surface area is 247 Å². The molecule has 9 heteroatoms. The number of halogens is 1. The molecule has 1 aromatic heterocycles. The number of hydrogen-bond donors (Lipinski definition) is 3. The normalized spacial score (nSPS) is 17.3. The highest BCUT2D eigenvalue weighted by Gasteiger charge is 2.36. The van der Waals surface area contributed by atoms with Gasteiger partial charge in [0, 0.05) is 35.1 Å². The number of nitrogens with one attached hydrogen (secondary N) is 2. The predicted molar refractivity (Wildman–Crippen MR) is 168 cm³/mol. The molecule has 1 saturated heterocycles. The first-order chi connectivity index (χ1) is 20.7. The molecule has 5 aromatic rings. The number of anilines is 4. The summed E-state index contributed by atoms with van der Waals surface area (Å²) >= 11 is 0. The molecule has 1 aliphatic rings. The molecule has 2 heterocycles. The summed E-state index contributed by atoms with van der Waals surface area (Å²) in [6, 6.07) is 22.4. The maximum Gasteiger partial charge on any atom is 0.326 e. The van der Waals surface area contributed by atoms with Crippen LogP contribution in [0, 0.1) is 5.82 Å². The Hall–Kier alpha value is -5.05. The zero-order valence-electron chi connectivity index (χ0n) is 23.8. The molecular formula is C34H31FN4O4. The minimum Gasteiger partial charge on any atom is -0.480 e. The van der Waals surface area contributed by atoms with E-state index in [1.54, 1.807) is 12.1 Å². The van der Waals surface area contributed by atoms with Crippen LogP contribution in [0.2, 0.25) is 0 Å². The SMILES string of the molecule is CC1CCC(C)N1c1c(NC(Cc2ccc(Nc3nc(-c4ccc(F)cc4)cc4ccccc34)cc2)C(=O)O)c(=O)c1=O. The molecule has 218 valence electrons. The van der Waals surface area contributed by atoms with Gasteiger partial charge in [-0.05, 0) is 80.1 Å². The molecule has 1 fully saturated rings. The van der Waals surface area contributed by atoms with Gasteiger partial charge in [0.2, 0.25) is 0 Å². The van der Waals surface area contributed by atoms with Crippen molar-refractivity contribution in [2.75, 3.05) is 15.5 Å². The summed E-state index contributed by atoms with van der Waals surface area (Å²) in [5.41, 5.74) is 2.14. The number of aliphatic carboxylic acids is 1. The van der Waals surface area contributed by atoms with E-state index in [1.165, 1.54) is 12.1 Å². The number of pyridine rings is 1. The van der Waals surface area contributed by atoms with Gasteiger partial charge in [-0.3, -0.25) is 9.59 Å². The van der Waals surface area contributed by atoms with E-state index in [0.29, 0.717) is 17.2 Å². The highest BCUT2D eigenvalue weighted by Crippen LogP contribution is 2.33. The molecule has 0 bridgehead atoms. The van der Waals surface area contributed by atoms with Crippen LogP contribution in [-0.4, -0.2) is 34.2 Å². The van der Waals surface area contributed by atoms with E-state index in [2.05, 4.69) is 10.6 Å². The van der Waals surface area contributed by atoms with Crippen molar-refractivity contribution in [2.45, 2.75) is 51.2 Å². The van der Waals surface area contributed by atoms with Crippen molar-refractivity contribution in [3.63, 3.8) is 0 Å². The summed E-state index contributed by atoms with van der Waals surface area (Å²) in [5.74, 6) is -0.797. The van der Waals surface area contributed by atoms with Crippen LogP contribution in [0.3, 0.4) is 0 Å². The van der Waals surface area contributed by atoms with E-state index >= 15 is 0 Å². The zero-order chi connectivity index (χ0) is 30.2. The van der Waals surface area contributed by atoms with Gasteiger partial charge in [0.15, 0.2) is 0 Å². The number of carboxylic acids is 1. The van der Waals surface area contributed by atoms with Crippen molar-refractivity contribution in [1.29, 1.82) is 0 Å². The van der Waals surface area contributed by atoms with E-state index in [9.17, 15) is 23.9 Å². The maximum atomic E-state index is 13.5. The summed E-state index contributed by atoms with van der Waals surface area (Å²) in [6.45, 7) is 4.01. The molecule has 43 heavy (non-hydrogen) atoms. The first-order valence-electron chi connectivity index (χ1n) is 14.3. The highest BCUT2D eigenvalue weighted by molar-refractivity contribution is 5.96. The van der Waals surface area contributed by atoms with E-state index in [4.69, 9.17) is 4.98 Å². The van der Waals surface area contributed by atoms with Crippen LogP contribution in [0.1, 0.15) is 32.3 Å². The lowest BCUT2D eigenvalue weighted by Crippen LogP contribution is -2.48. The predicted octanol–water partition coefficient (Wildman–Crippen LogP) is 5.87. The molecule has 3 unspecified atom stereocenters. The van der Waals surface area contributed by atoms with Crippen molar-refractivity contribution in [3.05, 3.63) is 111 Å². The molecular weight excluding hydrogens is 547 g/mol. The van der Waals surface area contributed by atoms with E-state index in [-0.39, 0.29) is 30.0 Å². The number of fused-ring (bicyclic) bond motifs is 1. The fourth-order valence-corrected chi connectivity index (χ4v) is 5.93. The van der Waals surface area contributed by atoms with Gasteiger partial charge in [-0.1, -0.05) is 36.4 Å². The maximum absolute atomic E-state index is 13.5. The Morgan fingerprint density at radius 2 is 1.65 bits per heavy atom. The summed E-state index contributed by atoms with van der Waals surface area (Å²) in [5, 5.41) is 18.1. The van der Waals surface area contributed by atoms with Crippen molar-refractivity contribution < 1.29 is 14.3 Å². The lowest BCUT2D eigenvalue weighted by atomic mass is 10.0. The average Bonchev–Trinajstić information content (AvgIpc) is 3.33. The van der Waals surface area contributed by atoms with Gasteiger partial charge in [-0.2, -0.15) is 0 Å². The fraction of sp³-hybridized carbons (Fsp3) is 0.235. The Kier molecular flexibility index (Phi) is 7.39. The monoisotopic (exact) mass is 578 g/mol. The standard InChI is InChI=1S/C34H31FN4O4/c1-19-7-8-20(2)39(19)30-29(31(40)32(30)41)37-28(34(42)43)17-21-9-15-25(16-10-21)36-33-26-6-4-3-5-23(26)18-27(38-33)22-11-13-24(35)14-12-22/h3-6,9-16,18-20,28,37H,7-8,17H2,1-2H3,(H,36,38)(H,42,43). The van der Waals surface area contributed by atoms with Crippen LogP contribution in [0.4, 0.5) is 27.3 Å². The van der Waals surface area contributed by atoms with Gasteiger partial charge < -0.3 is 20.6 Å². The Bertz CT molecular complexity index is 1870. The number of carbonyl (C=O) groups is 1. The third-order valence-electron chi connectivity index (χ3n) is 8.25. The van der Waals surface area contributed by atoms with Crippen LogP contribution in [0.15, 0.2) is 88.5 Å². The number of hydrogen-bond acceptors (Lipinski definition) is 7. The van der Waals surface area contributed by atoms with Gasteiger partial charge in [0.05, 0.1) is 5.69 Å². The van der Waals surface area contributed by atoms with Crippen LogP contribution in [0.25, 0.3) is 22.0 Å². The third-order valence-corrected chi connectivity index (χ3v) is 8.25. The zero-order valence-corrected chi connectivity index (χ0v) is 23.8. The molecule has 8 nitrogen and oxygen atoms in total. The van der Waals surface area contributed by atoms with Crippen LogP contribution in [0.5, 0.6) is 0 Å². The minimum atomic E-state index is -1.11. The quantitative estimate of drug-likeness (QED) is 0.186. The van der Waals surface area contributed by atoms with Crippen LogP contribution in [-0.2, 0) is 11.2 Å². The number of nitrogens with zero attached hydrogens (tertiary/aromatic N) is 2. The third kappa shape index (κ3) is 5.46. The van der Waals surface area contributed by atoms with E-state index in [1.807, 2.05) is 73.3 Å². The molecule has 0 amide bonds. The van der Waals surface area contributed by atoms with Gasteiger partial charge in [0.25, 0.3) is 10.9 Å². The van der Waals surface area contributed by atoms with Crippen molar-refractivity contribution in [3.8, 4) is 11.3 Å². The molecule has 0 radical (unpaired) electrons. The lowest BCUT2D eigenvalue weighted by Gasteiger charge is -2.32. The highest BCUT2D eigenvalue weighted by atomic mass is 19.1. The summed E-state index contributed by atoms with van der Waals surface area (Å²) in [7, 11) is 0. The van der Waals surface area contributed by atoms with Gasteiger partial charge in [0.1, 0.15) is 29.1 Å². The minimum absolute atomic E-state index is 0.0928. The van der Waals surface area contributed by atoms with Gasteiger partial charge in [-0.25, -0.2) is 14.2 Å². The molecule has 3 N–H and O–H groups in total. The summed E-state index contributed by atoms with van der Waals surface area (Å²) < 4.78 is 13.5. The Morgan fingerprint density at radius 3 is 2.33 bits per heavy atom. The first kappa shape index (κ1) is 28.1. The topological polar surface area (TPSA) is 112 Å². The van der Waals surface area contributed by atoms with Gasteiger partial charge >= 0.3 is 5.97 Å². The average molecular weight is 579 g/mol. The largest absolute Gasteiger partial charge is 0.480 e. The second-order valence-electron chi connectivity index (χ2n) is 11.2. The van der Waals surface area contributed by atoms with Crippen molar-refractivity contribution in [2.24, 2.45) is 0 Å². The summed E-state index contributed by atoms with van der Waals surface area (Å²) in [6.07, 6.45) is 1.92. The van der Waals surface area contributed by atoms with Crippen molar-refractivity contribution >= 4 is 39.6 Å². The lowest BCUT2D eigenvalue weighted by molar-refractivity contribution is -0.137. The van der Waals surface area contributed by atoms with Gasteiger partial charge in [-0.15, -0.1) is 0 Å². The Balaban J connectivity index is 1.22. The molecule has 6 rings (SSSR count). The number of carboxylic acid groups (broad SMARTS) is 1. The molecule has 0 spiro atoms. The molecule has 4 aromatic carbocycles. The molecule has 0 saturated carbocycles. The number of aromatic nitrogens is 1. The van der Waals surface area contributed by atoms with E-state index < -0.39 is 22.9 Å². The Morgan fingerprint density at radius 1 is 0.977 bits per heavy atom. The second kappa shape index (κ2) is 11.3. The first-order valence-corrected chi connectivity index (χ1v) is 14.3. The molecule has 0 aliphatic carbocycles. The smallest absolute Gasteiger partial charge is 0.326 e. The van der Waals surface area contributed by atoms with E-state index in [0.717, 1.165) is 40.4 Å². The fourth-order valence-electron chi connectivity index (χ4n) is 5.93. The van der Waals surface area contributed by atoms with Crippen LogP contribution < -0.4 is 26.4 Å². The number of rotatable bonds is 9. The molecule has 3 atom stereocenters. The summed E-state index contributed by atoms with van der Waals surface area (Å²) in [4.78, 5) is 43.9. The molecule has 1 aliphatic heterocycles.